The molecule has 20 heavy (non-hydrogen) atoms. The molecule has 5 nitrogen and oxygen atoms in total. The highest BCUT2D eigenvalue weighted by molar-refractivity contribution is 5.93. The van der Waals surface area contributed by atoms with Gasteiger partial charge in [-0.25, -0.2) is 9.78 Å². The van der Waals surface area contributed by atoms with E-state index < -0.39 is 0 Å². The number of hydrogen-bond acceptors (Lipinski definition) is 5. The van der Waals surface area contributed by atoms with Crippen molar-refractivity contribution in [2.45, 2.75) is 19.6 Å². The lowest BCUT2D eigenvalue weighted by atomic mass is 10.1. The Morgan fingerprint density at radius 1 is 1.30 bits per heavy atom. The van der Waals surface area contributed by atoms with Gasteiger partial charge in [-0.05, 0) is 18.2 Å². The molecule has 104 valence electrons. The number of rotatable bonds is 1. The molecule has 2 aromatic rings. The zero-order valence-electron chi connectivity index (χ0n) is 10.6. The van der Waals surface area contributed by atoms with E-state index in [-0.39, 0.29) is 18.4 Å². The highest BCUT2D eigenvalue weighted by atomic mass is 35.5. The first-order valence-electron chi connectivity index (χ1n) is 6.31. The number of benzene rings is 1. The summed E-state index contributed by atoms with van der Waals surface area (Å²) < 4.78 is 10.8. The summed E-state index contributed by atoms with van der Waals surface area (Å²) in [5.74, 6) is 1.28. The van der Waals surface area contributed by atoms with Gasteiger partial charge in [-0.15, -0.1) is 12.4 Å². The zero-order chi connectivity index (χ0) is 12.8. The minimum atomic E-state index is -0.252. The van der Waals surface area contributed by atoms with Gasteiger partial charge in [0.15, 0.2) is 0 Å². The van der Waals surface area contributed by atoms with Crippen LogP contribution in [-0.4, -0.2) is 17.5 Å². The second kappa shape index (κ2) is 4.92. The molecule has 3 heterocycles. The zero-order valence-corrected chi connectivity index (χ0v) is 11.5. The Morgan fingerprint density at radius 3 is 3.05 bits per heavy atom. The molecule has 0 atom stereocenters. The number of oxazole rings is 1. The van der Waals surface area contributed by atoms with Crippen LogP contribution in [0.4, 0.5) is 0 Å². The van der Waals surface area contributed by atoms with Crippen LogP contribution in [0.3, 0.4) is 0 Å². The van der Waals surface area contributed by atoms with Crippen LogP contribution in [-0.2, 0) is 24.3 Å². The second-order valence-corrected chi connectivity index (χ2v) is 4.76. The van der Waals surface area contributed by atoms with Crippen LogP contribution in [0.25, 0.3) is 11.5 Å². The van der Waals surface area contributed by atoms with Crippen molar-refractivity contribution in [2.24, 2.45) is 0 Å². The van der Waals surface area contributed by atoms with Crippen molar-refractivity contribution in [1.82, 2.24) is 10.3 Å². The largest absolute Gasteiger partial charge is 0.457 e. The molecule has 0 spiro atoms. The lowest BCUT2D eigenvalue weighted by Gasteiger charge is -2.08. The van der Waals surface area contributed by atoms with Crippen LogP contribution >= 0.6 is 12.4 Å². The summed E-state index contributed by atoms with van der Waals surface area (Å²) in [4.78, 5) is 15.9. The maximum atomic E-state index is 11.4. The molecule has 2 aliphatic heterocycles. The third-order valence-electron chi connectivity index (χ3n) is 3.53. The van der Waals surface area contributed by atoms with Gasteiger partial charge in [0.25, 0.3) is 0 Å². The summed E-state index contributed by atoms with van der Waals surface area (Å²) in [7, 11) is 0. The fraction of sp³-hybridized carbons (Fsp3) is 0.286. The van der Waals surface area contributed by atoms with E-state index in [1.165, 1.54) is 0 Å². The summed E-state index contributed by atoms with van der Waals surface area (Å²) >= 11 is 0. The Balaban J connectivity index is 0.00000121. The summed E-state index contributed by atoms with van der Waals surface area (Å²) in [5.41, 5.74) is 3.46. The van der Waals surface area contributed by atoms with Gasteiger partial charge in [-0.3, -0.25) is 0 Å². The minimum Gasteiger partial charge on any atom is -0.457 e. The van der Waals surface area contributed by atoms with Crippen LogP contribution in [0.2, 0.25) is 0 Å². The molecule has 0 saturated heterocycles. The minimum absolute atomic E-state index is 0. The highest BCUT2D eigenvalue weighted by Gasteiger charge is 2.23. The normalized spacial score (nSPS) is 16.1. The maximum absolute atomic E-state index is 11.4. The third kappa shape index (κ3) is 1.99. The van der Waals surface area contributed by atoms with E-state index in [4.69, 9.17) is 9.15 Å². The molecule has 0 radical (unpaired) electrons. The number of nitrogens with zero attached hydrogens (tertiary/aromatic N) is 1. The van der Waals surface area contributed by atoms with Crippen LogP contribution in [0, 0.1) is 0 Å². The number of carbonyl (C=O) groups is 1. The monoisotopic (exact) mass is 292 g/mol. The first kappa shape index (κ1) is 13.1. The standard InChI is InChI=1S/C14H12N2O3.ClH/c17-14-10-2-1-8(5-9(10)7-18-14)13-16-11-3-4-15-6-12(11)19-13;/h1-2,5,15H,3-4,6-7H2;1H. The molecule has 0 amide bonds. The van der Waals surface area contributed by atoms with E-state index in [1.54, 1.807) is 6.07 Å². The van der Waals surface area contributed by atoms with Crippen molar-refractivity contribution in [3.8, 4) is 11.5 Å². The maximum Gasteiger partial charge on any atom is 0.338 e. The van der Waals surface area contributed by atoms with Crippen molar-refractivity contribution in [2.75, 3.05) is 6.54 Å². The van der Waals surface area contributed by atoms with Gasteiger partial charge in [-0.2, -0.15) is 0 Å². The quantitative estimate of drug-likeness (QED) is 0.815. The van der Waals surface area contributed by atoms with Crippen molar-refractivity contribution in [1.29, 1.82) is 0 Å². The van der Waals surface area contributed by atoms with E-state index >= 15 is 0 Å². The van der Waals surface area contributed by atoms with E-state index in [9.17, 15) is 4.79 Å². The highest BCUT2D eigenvalue weighted by Crippen LogP contribution is 2.28. The number of esters is 1. The Bertz CT molecular complexity index is 658. The Kier molecular flexibility index (Phi) is 3.23. The van der Waals surface area contributed by atoms with Gasteiger partial charge in [-0.1, -0.05) is 0 Å². The van der Waals surface area contributed by atoms with E-state index in [2.05, 4.69) is 10.3 Å². The molecule has 6 heteroatoms. The molecule has 1 N–H and O–H groups in total. The molecule has 0 unspecified atom stereocenters. The number of cyclic esters (lactones) is 1. The first-order valence-corrected chi connectivity index (χ1v) is 6.31. The molecule has 1 aromatic heterocycles. The molecule has 4 rings (SSSR count). The van der Waals surface area contributed by atoms with E-state index in [0.717, 1.165) is 42.1 Å². The first-order chi connectivity index (χ1) is 9.31. The predicted molar refractivity (Wildman–Crippen MR) is 73.7 cm³/mol. The average molecular weight is 293 g/mol. The summed E-state index contributed by atoms with van der Waals surface area (Å²) in [6, 6.07) is 5.56. The average Bonchev–Trinajstić information content (AvgIpc) is 3.02. The van der Waals surface area contributed by atoms with Gasteiger partial charge < -0.3 is 14.5 Å². The van der Waals surface area contributed by atoms with Gasteiger partial charge in [0, 0.05) is 24.1 Å². The predicted octanol–water partition coefficient (Wildman–Crippen LogP) is 2.08. The number of carbonyl (C=O) groups excluding carboxylic acids is 1. The number of halogens is 1. The van der Waals surface area contributed by atoms with Crippen LogP contribution < -0.4 is 5.32 Å². The van der Waals surface area contributed by atoms with Gasteiger partial charge in [0.05, 0.1) is 17.8 Å². The Labute approximate surface area is 121 Å². The van der Waals surface area contributed by atoms with Crippen LogP contribution in [0.1, 0.15) is 27.4 Å². The number of aromatic nitrogens is 1. The molecular weight excluding hydrogens is 280 g/mol. The van der Waals surface area contributed by atoms with Crippen molar-refractivity contribution in [3.05, 3.63) is 40.8 Å². The van der Waals surface area contributed by atoms with Gasteiger partial charge >= 0.3 is 5.97 Å². The molecule has 0 aliphatic carbocycles. The summed E-state index contributed by atoms with van der Waals surface area (Å²) in [6.45, 7) is 2.00. The summed E-state index contributed by atoms with van der Waals surface area (Å²) in [6.07, 6.45) is 0.894. The fourth-order valence-electron chi connectivity index (χ4n) is 2.52. The van der Waals surface area contributed by atoms with Crippen molar-refractivity contribution >= 4 is 18.4 Å². The van der Waals surface area contributed by atoms with E-state index in [1.807, 2.05) is 12.1 Å². The lowest BCUT2D eigenvalue weighted by Crippen LogP contribution is -2.22. The number of hydrogen-bond donors (Lipinski definition) is 1. The molecule has 1 aromatic carbocycles. The fourth-order valence-corrected chi connectivity index (χ4v) is 2.52. The van der Waals surface area contributed by atoms with E-state index in [0.29, 0.717) is 18.1 Å². The number of fused-ring (bicyclic) bond motifs is 2. The summed E-state index contributed by atoms with van der Waals surface area (Å²) in [5, 5.41) is 3.25. The Hall–Kier alpha value is -1.85. The molecule has 0 bridgehead atoms. The second-order valence-electron chi connectivity index (χ2n) is 4.76. The lowest BCUT2D eigenvalue weighted by molar-refractivity contribution is 0.0535. The van der Waals surface area contributed by atoms with Crippen molar-refractivity contribution < 1.29 is 13.9 Å². The number of nitrogens with one attached hydrogen (secondary N) is 1. The van der Waals surface area contributed by atoms with Gasteiger partial charge in [0.2, 0.25) is 5.89 Å². The topological polar surface area (TPSA) is 64.4 Å². The molecule has 0 saturated carbocycles. The smallest absolute Gasteiger partial charge is 0.338 e. The SMILES string of the molecule is Cl.O=C1OCc2cc(-c3nc4c(o3)CNCC4)ccc21. The van der Waals surface area contributed by atoms with Crippen LogP contribution in [0.15, 0.2) is 22.6 Å². The molecular formula is C14H13ClN2O3. The molecule has 2 aliphatic rings. The third-order valence-corrected chi connectivity index (χ3v) is 3.53. The van der Waals surface area contributed by atoms with Gasteiger partial charge in [0.1, 0.15) is 12.4 Å². The Morgan fingerprint density at radius 2 is 2.20 bits per heavy atom. The van der Waals surface area contributed by atoms with Crippen LogP contribution in [0.5, 0.6) is 0 Å². The molecule has 0 fully saturated rings. The number of ether oxygens (including phenoxy) is 1. The van der Waals surface area contributed by atoms with Crippen molar-refractivity contribution in [3.63, 3.8) is 0 Å².